The number of aromatic carboxylic acids is 1. The van der Waals surface area contributed by atoms with E-state index in [-0.39, 0.29) is 54.5 Å². The Balaban J connectivity index is 0.00000324. The first-order valence-corrected chi connectivity index (χ1v) is 7.28. The van der Waals surface area contributed by atoms with Gasteiger partial charge in [0.15, 0.2) is 0 Å². The number of hydrogen-bond donors (Lipinski definition) is 0. The molecule has 1 aromatic heterocycles. The van der Waals surface area contributed by atoms with Crippen molar-refractivity contribution in [2.24, 2.45) is 0 Å². The number of carboxylic acids is 1. The van der Waals surface area contributed by atoms with Crippen LogP contribution in [0.4, 0.5) is 0 Å². The Morgan fingerprint density at radius 3 is 2.26 bits per heavy atom. The Labute approximate surface area is 134 Å². The quantitative estimate of drug-likeness (QED) is 0.436. The third kappa shape index (κ3) is 6.17. The van der Waals surface area contributed by atoms with Crippen molar-refractivity contribution in [3.63, 3.8) is 0 Å². The largest absolute Gasteiger partial charge is 1.00 e. The number of carboxylic acid groups (broad SMARTS) is 1. The monoisotopic (exact) mass is 295 g/mol. The van der Waals surface area contributed by atoms with Crippen molar-refractivity contribution in [2.75, 3.05) is 13.2 Å². The third-order valence-electron chi connectivity index (χ3n) is 2.07. The molecule has 0 atom stereocenters. The summed E-state index contributed by atoms with van der Waals surface area (Å²) in [5.41, 5.74) is 0.423. The second-order valence-electron chi connectivity index (χ2n) is 3.43. The van der Waals surface area contributed by atoms with Crippen molar-refractivity contribution in [1.29, 1.82) is 0 Å². The van der Waals surface area contributed by atoms with Crippen molar-refractivity contribution >= 4 is 13.6 Å². The fourth-order valence-corrected chi connectivity index (χ4v) is 2.99. The zero-order valence-corrected chi connectivity index (χ0v) is 14.2. The Hall–Kier alpha value is -0.230. The minimum atomic E-state index is -3.21. The average Bonchev–Trinajstić information content (AvgIpc) is 2.30. The number of aromatic nitrogens is 1. The minimum absolute atomic E-state index is 0. The van der Waals surface area contributed by atoms with Crippen LogP contribution in [0.25, 0.3) is 0 Å². The van der Waals surface area contributed by atoms with Crippen LogP contribution >= 0.6 is 7.60 Å². The van der Waals surface area contributed by atoms with Crippen LogP contribution in [-0.4, -0.2) is 24.2 Å². The van der Waals surface area contributed by atoms with Crippen LogP contribution in [-0.2, 0) is 19.8 Å². The number of rotatable bonds is 7. The molecule has 0 aromatic carbocycles. The summed E-state index contributed by atoms with van der Waals surface area (Å²) in [5.74, 6) is -1.30. The molecule has 0 spiro atoms. The van der Waals surface area contributed by atoms with Gasteiger partial charge in [0.1, 0.15) is 0 Å². The standard InChI is InChI=1S/C11H16NO5P.Na/c1-3-16-18(15,17-4-2)8-10-6-5-9(7-12-10)11(13)14;/h5-7H,3-4,8H2,1-2H3,(H,13,14);/q;+1/p-1. The number of hydrogen-bond acceptors (Lipinski definition) is 6. The molecule has 0 bridgehead atoms. The molecule has 0 amide bonds. The van der Waals surface area contributed by atoms with Gasteiger partial charge in [-0.2, -0.15) is 0 Å². The molecule has 0 saturated carbocycles. The van der Waals surface area contributed by atoms with Crippen LogP contribution in [0.1, 0.15) is 29.9 Å². The molecule has 1 rings (SSSR count). The van der Waals surface area contributed by atoms with Gasteiger partial charge >= 0.3 is 37.2 Å². The second kappa shape index (κ2) is 8.84. The van der Waals surface area contributed by atoms with E-state index in [0.29, 0.717) is 5.69 Å². The molecule has 0 fully saturated rings. The molecule has 0 radical (unpaired) electrons. The smallest absolute Gasteiger partial charge is 0.545 e. The minimum Gasteiger partial charge on any atom is -0.545 e. The van der Waals surface area contributed by atoms with Crippen LogP contribution in [0.5, 0.6) is 0 Å². The summed E-state index contributed by atoms with van der Waals surface area (Å²) in [6, 6.07) is 2.82. The third-order valence-corrected chi connectivity index (χ3v) is 4.08. The van der Waals surface area contributed by atoms with Gasteiger partial charge in [-0.3, -0.25) is 9.55 Å². The van der Waals surface area contributed by atoms with Gasteiger partial charge in [-0.1, -0.05) is 0 Å². The first-order chi connectivity index (χ1) is 8.50. The predicted octanol–water partition coefficient (Wildman–Crippen LogP) is -1.78. The summed E-state index contributed by atoms with van der Waals surface area (Å²) in [6.07, 6.45) is 1.18. The van der Waals surface area contributed by atoms with Gasteiger partial charge in [-0.25, -0.2) is 0 Å². The fraction of sp³-hybridized carbons (Fsp3) is 0.455. The zero-order valence-electron chi connectivity index (χ0n) is 11.3. The maximum absolute atomic E-state index is 12.2. The topological polar surface area (TPSA) is 88.6 Å². The molecular formula is C11H15NNaO5P. The van der Waals surface area contributed by atoms with Crippen molar-refractivity contribution in [3.8, 4) is 0 Å². The molecule has 6 nitrogen and oxygen atoms in total. The van der Waals surface area contributed by atoms with Crippen LogP contribution in [0.2, 0.25) is 0 Å². The molecule has 100 valence electrons. The number of carbonyl (C=O) groups excluding carboxylic acids is 1. The predicted molar refractivity (Wildman–Crippen MR) is 63.1 cm³/mol. The SMILES string of the molecule is CCOP(=O)(Cc1ccc(C(=O)[O-])cn1)OCC.[Na+]. The molecule has 0 aliphatic rings. The van der Waals surface area contributed by atoms with E-state index in [4.69, 9.17) is 9.05 Å². The van der Waals surface area contributed by atoms with Crippen LogP contribution in [0.3, 0.4) is 0 Å². The molecule has 19 heavy (non-hydrogen) atoms. The summed E-state index contributed by atoms with van der Waals surface area (Å²) < 4.78 is 22.4. The van der Waals surface area contributed by atoms with Crippen LogP contribution in [0.15, 0.2) is 18.3 Å². The van der Waals surface area contributed by atoms with E-state index in [9.17, 15) is 14.5 Å². The molecule has 1 aromatic rings. The average molecular weight is 295 g/mol. The Morgan fingerprint density at radius 2 is 1.89 bits per heavy atom. The van der Waals surface area contributed by atoms with Crippen molar-refractivity contribution in [3.05, 3.63) is 29.6 Å². The van der Waals surface area contributed by atoms with E-state index < -0.39 is 13.6 Å². The Morgan fingerprint density at radius 1 is 1.32 bits per heavy atom. The Kier molecular flexibility index (Phi) is 8.74. The maximum atomic E-state index is 12.2. The van der Waals surface area contributed by atoms with Gasteiger partial charge in [-0.05, 0) is 26.0 Å². The molecule has 0 aliphatic carbocycles. The molecule has 8 heteroatoms. The number of nitrogens with zero attached hydrogens (tertiary/aromatic N) is 1. The molecule has 0 aliphatic heterocycles. The van der Waals surface area contributed by atoms with Crippen molar-refractivity contribution in [2.45, 2.75) is 20.0 Å². The van der Waals surface area contributed by atoms with E-state index in [0.717, 1.165) is 6.20 Å². The van der Waals surface area contributed by atoms with Crippen LogP contribution in [0, 0.1) is 0 Å². The first kappa shape index (κ1) is 18.8. The van der Waals surface area contributed by atoms with Gasteiger partial charge in [-0.15, -0.1) is 0 Å². The normalized spacial score (nSPS) is 10.8. The summed E-state index contributed by atoms with van der Waals surface area (Å²) in [5, 5.41) is 10.5. The summed E-state index contributed by atoms with van der Waals surface area (Å²) in [4.78, 5) is 14.4. The van der Waals surface area contributed by atoms with E-state index >= 15 is 0 Å². The van der Waals surface area contributed by atoms with E-state index in [1.165, 1.54) is 12.1 Å². The Bertz CT molecular complexity index is 441. The van der Waals surface area contributed by atoms with E-state index in [2.05, 4.69) is 4.98 Å². The second-order valence-corrected chi connectivity index (χ2v) is 5.48. The van der Waals surface area contributed by atoms with Gasteiger partial charge < -0.3 is 18.9 Å². The molecule has 1 heterocycles. The van der Waals surface area contributed by atoms with Crippen molar-refractivity contribution < 1.29 is 53.1 Å². The number of carbonyl (C=O) groups is 1. The fourth-order valence-electron chi connectivity index (χ4n) is 1.36. The van der Waals surface area contributed by atoms with Gasteiger partial charge in [0.05, 0.1) is 31.0 Å². The zero-order chi connectivity index (χ0) is 13.6. The van der Waals surface area contributed by atoms with E-state index in [1.807, 2.05) is 0 Å². The van der Waals surface area contributed by atoms with Crippen LogP contribution < -0.4 is 34.7 Å². The summed E-state index contributed by atoms with van der Waals surface area (Å²) in [7, 11) is -3.21. The molecule has 0 saturated heterocycles. The van der Waals surface area contributed by atoms with Gasteiger partial charge in [0.2, 0.25) is 0 Å². The molecule has 0 N–H and O–H groups in total. The molecule has 0 unspecified atom stereocenters. The summed E-state index contributed by atoms with van der Waals surface area (Å²) in [6.45, 7) is 3.99. The van der Waals surface area contributed by atoms with Crippen molar-refractivity contribution in [1.82, 2.24) is 4.98 Å². The van der Waals surface area contributed by atoms with Gasteiger partial charge in [0, 0.05) is 11.8 Å². The van der Waals surface area contributed by atoms with E-state index in [1.54, 1.807) is 13.8 Å². The molecular weight excluding hydrogens is 280 g/mol. The summed E-state index contributed by atoms with van der Waals surface area (Å²) >= 11 is 0. The maximum Gasteiger partial charge on any atom is 1.00 e. The first-order valence-electron chi connectivity index (χ1n) is 5.55. The number of pyridine rings is 1. The van der Waals surface area contributed by atoms with Gasteiger partial charge in [0.25, 0.3) is 0 Å².